The van der Waals surface area contributed by atoms with Crippen molar-refractivity contribution >= 4 is 18.2 Å². The van der Waals surface area contributed by atoms with Crippen LogP contribution < -0.4 is 10.9 Å². The Hall–Kier alpha value is -3.06. The predicted molar refractivity (Wildman–Crippen MR) is 252 cm³/mol. The van der Waals surface area contributed by atoms with E-state index >= 15 is 0 Å². The summed E-state index contributed by atoms with van der Waals surface area (Å²) in [5.41, 5.74) is 3.81. The van der Waals surface area contributed by atoms with Crippen LogP contribution in [0.15, 0.2) is 127 Å². The first kappa shape index (κ1) is 76.7. The first-order valence-corrected chi connectivity index (χ1v) is 20.8. The molecule has 0 amide bonds. The van der Waals surface area contributed by atoms with Gasteiger partial charge in [0.25, 0.3) is 0 Å². The third kappa shape index (κ3) is 90.6. The Morgan fingerprint density at radius 1 is 0.220 bits per heavy atom. The summed E-state index contributed by atoms with van der Waals surface area (Å²) < 4.78 is 0. The summed E-state index contributed by atoms with van der Waals surface area (Å²) in [6, 6.07) is 42.9. The Labute approximate surface area is 323 Å². The summed E-state index contributed by atoms with van der Waals surface area (Å²) in [7, 11) is 2.17. The van der Waals surface area contributed by atoms with Crippen LogP contribution in [0.25, 0.3) is 0 Å². The van der Waals surface area contributed by atoms with Gasteiger partial charge in [-0.3, -0.25) is 0 Å². The zero-order valence-corrected chi connectivity index (χ0v) is 39.2. The first-order chi connectivity index (χ1) is 24.8. The fourth-order valence-electron chi connectivity index (χ4n) is 2.21. The van der Waals surface area contributed by atoms with E-state index in [1.165, 1.54) is 16.5 Å². The lowest BCUT2D eigenvalue weighted by Crippen LogP contribution is -2.26. The molecule has 0 heterocycles. The van der Waals surface area contributed by atoms with E-state index in [0.29, 0.717) is 0 Å². The monoisotopic (exact) mass is 696 g/mol. The van der Waals surface area contributed by atoms with Gasteiger partial charge in [-0.25, -0.2) is 0 Å². The fraction of sp³-hybridized carbons (Fsp3) is 0.510. The van der Waals surface area contributed by atoms with Gasteiger partial charge in [-0.2, -0.15) is 0 Å². The molecule has 4 aromatic rings. The van der Waals surface area contributed by atoms with Crippen LogP contribution in [0, 0.1) is 6.92 Å². The van der Waals surface area contributed by atoms with E-state index in [2.05, 4.69) is 74.9 Å². The van der Waals surface area contributed by atoms with Crippen LogP contribution in [-0.2, 0) is 0 Å². The third-order valence-electron chi connectivity index (χ3n) is 3.54. The third-order valence-corrected chi connectivity index (χ3v) is 3.54. The second kappa shape index (κ2) is 119. The second-order valence-electron chi connectivity index (χ2n) is 5.78. The van der Waals surface area contributed by atoms with E-state index < -0.39 is 0 Å². The molecule has 0 nitrogen and oxygen atoms in total. The molecule has 0 saturated heterocycles. The minimum Gasteiger partial charge on any atom is -0.0814 e. The molecule has 0 aliphatic rings. The standard InChI is InChI=1S/C12H10B.C7H8.C6H6.12C2H6/c1-3-7-11(8-4-1)13-12-9-5-2-6-10-12;1-7-5-3-2-4-6-7;1-2-4-6-5-3-1;12*1-2/h1-10H;2-6H,1H3;1-6H;12*1-2H3. The lowest BCUT2D eigenvalue weighted by atomic mass is 9.64. The number of hydrogen-bond acceptors (Lipinski definition) is 0. The number of aryl methyl sites for hydroxylation is 1. The molecule has 1 radical (unpaired) electrons. The van der Waals surface area contributed by atoms with Gasteiger partial charge in [0, 0.05) is 0 Å². The molecule has 0 atom stereocenters. The Kier molecular flexibility index (Phi) is 182. The van der Waals surface area contributed by atoms with Crippen LogP contribution in [-0.4, -0.2) is 7.28 Å². The van der Waals surface area contributed by atoms with Crippen molar-refractivity contribution in [2.75, 3.05) is 0 Å². The van der Waals surface area contributed by atoms with Crippen molar-refractivity contribution in [1.29, 1.82) is 0 Å². The highest BCUT2D eigenvalue weighted by atomic mass is 13.8. The van der Waals surface area contributed by atoms with Crippen LogP contribution in [0.1, 0.15) is 172 Å². The quantitative estimate of drug-likeness (QED) is 0.183. The molecule has 0 spiro atoms. The smallest absolute Gasteiger partial charge is 0.0814 e. The van der Waals surface area contributed by atoms with Crippen LogP contribution in [0.4, 0.5) is 0 Å². The molecule has 0 unspecified atom stereocenters. The van der Waals surface area contributed by atoms with E-state index in [1.807, 2.05) is 233 Å². The molecule has 0 aliphatic heterocycles. The van der Waals surface area contributed by atoms with Gasteiger partial charge in [-0.1, -0.05) is 310 Å². The minimum atomic E-state index is 1.24. The molecular formula is C49H96B. The summed E-state index contributed by atoms with van der Waals surface area (Å²) in [6.07, 6.45) is 0. The van der Waals surface area contributed by atoms with Gasteiger partial charge in [0.1, 0.15) is 0 Å². The molecule has 0 saturated carbocycles. The SMILES string of the molecule is CC.CC.CC.CC.CC.CC.CC.CC.CC.CC.CC.CC.Cc1ccccc1.[B](c1ccccc1)c1ccccc1.c1ccccc1. The summed E-state index contributed by atoms with van der Waals surface area (Å²) in [5.74, 6) is 0. The average Bonchev–Trinajstić information content (AvgIpc) is 3.29. The summed E-state index contributed by atoms with van der Waals surface area (Å²) in [6.45, 7) is 50.1. The molecule has 4 aromatic carbocycles. The largest absolute Gasteiger partial charge is 0.191 e. The Morgan fingerprint density at radius 3 is 0.500 bits per heavy atom. The summed E-state index contributed by atoms with van der Waals surface area (Å²) in [5, 5.41) is 0. The van der Waals surface area contributed by atoms with E-state index in [4.69, 9.17) is 0 Å². The van der Waals surface area contributed by atoms with Crippen LogP contribution in [0.3, 0.4) is 0 Å². The van der Waals surface area contributed by atoms with E-state index in [1.54, 1.807) is 0 Å². The second-order valence-corrected chi connectivity index (χ2v) is 5.78. The van der Waals surface area contributed by atoms with Crippen molar-refractivity contribution in [2.45, 2.75) is 173 Å². The molecule has 0 bridgehead atoms. The van der Waals surface area contributed by atoms with Crippen molar-refractivity contribution in [3.63, 3.8) is 0 Å². The highest BCUT2D eigenvalue weighted by molar-refractivity contribution is 6.67. The van der Waals surface area contributed by atoms with Crippen LogP contribution >= 0.6 is 0 Å². The molecule has 0 aromatic heterocycles. The van der Waals surface area contributed by atoms with E-state index in [-0.39, 0.29) is 0 Å². The number of rotatable bonds is 2. The predicted octanol–water partition coefficient (Wildman–Crippen LogP) is 17.3. The zero-order chi connectivity index (χ0) is 42.3. The topological polar surface area (TPSA) is 0 Å². The Balaban J connectivity index is -0.0000000402. The van der Waals surface area contributed by atoms with Gasteiger partial charge >= 0.3 is 0 Å². The molecule has 0 fully saturated rings. The molecular weight excluding hydrogens is 599 g/mol. The van der Waals surface area contributed by atoms with Gasteiger partial charge < -0.3 is 0 Å². The minimum absolute atomic E-state index is 1.24. The van der Waals surface area contributed by atoms with Crippen LogP contribution in [0.2, 0.25) is 0 Å². The highest BCUT2D eigenvalue weighted by Gasteiger charge is 1.95. The van der Waals surface area contributed by atoms with Crippen molar-refractivity contribution in [2.24, 2.45) is 0 Å². The van der Waals surface area contributed by atoms with Crippen molar-refractivity contribution in [3.05, 3.63) is 133 Å². The number of hydrogen-bond donors (Lipinski definition) is 0. The van der Waals surface area contributed by atoms with Gasteiger partial charge in [-0.05, 0) is 6.92 Å². The summed E-state index contributed by atoms with van der Waals surface area (Å²) >= 11 is 0. The lowest BCUT2D eigenvalue weighted by molar-refractivity contribution is 1.48. The van der Waals surface area contributed by atoms with Crippen molar-refractivity contribution in [3.8, 4) is 0 Å². The maximum Gasteiger partial charge on any atom is 0.191 e. The molecule has 0 aliphatic carbocycles. The zero-order valence-electron chi connectivity index (χ0n) is 39.2. The van der Waals surface area contributed by atoms with Crippen LogP contribution in [0.5, 0.6) is 0 Å². The van der Waals surface area contributed by atoms with Gasteiger partial charge in [0.15, 0.2) is 7.28 Å². The van der Waals surface area contributed by atoms with Crippen molar-refractivity contribution < 1.29 is 0 Å². The van der Waals surface area contributed by atoms with E-state index in [0.717, 1.165) is 0 Å². The maximum atomic E-state index is 2.17. The Morgan fingerprint density at radius 2 is 0.360 bits per heavy atom. The van der Waals surface area contributed by atoms with Crippen molar-refractivity contribution in [1.82, 2.24) is 0 Å². The highest BCUT2D eigenvalue weighted by Crippen LogP contribution is 1.92. The summed E-state index contributed by atoms with van der Waals surface area (Å²) in [4.78, 5) is 0. The Bertz CT molecular complexity index is 734. The van der Waals surface area contributed by atoms with E-state index in [9.17, 15) is 0 Å². The maximum absolute atomic E-state index is 2.17. The molecule has 1 heteroatoms. The molecule has 0 N–H and O–H groups in total. The molecule has 295 valence electrons. The van der Waals surface area contributed by atoms with Gasteiger partial charge in [0.05, 0.1) is 0 Å². The normalized spacial score (nSPS) is 6.10. The lowest BCUT2D eigenvalue weighted by Gasteiger charge is -1.98. The first-order valence-electron chi connectivity index (χ1n) is 20.8. The average molecular weight is 696 g/mol. The van der Waals surface area contributed by atoms with Gasteiger partial charge in [-0.15, -0.1) is 0 Å². The number of benzene rings is 4. The fourth-order valence-corrected chi connectivity index (χ4v) is 2.21. The molecule has 4 rings (SSSR count). The molecule has 50 heavy (non-hydrogen) atoms. The van der Waals surface area contributed by atoms with Gasteiger partial charge in [0.2, 0.25) is 0 Å².